The zero-order valence-corrected chi connectivity index (χ0v) is 5.54. The molecule has 0 amide bonds. The van der Waals surface area contributed by atoms with E-state index in [4.69, 9.17) is 0 Å². The van der Waals surface area contributed by atoms with Crippen molar-refractivity contribution in [1.82, 2.24) is 0 Å². The average Bonchev–Trinajstić information content (AvgIpc) is 1.76. The van der Waals surface area contributed by atoms with E-state index in [2.05, 4.69) is 4.74 Å². The molecular formula is C5H4F6O. The van der Waals surface area contributed by atoms with Crippen LogP contribution in [0, 0.1) is 0 Å². The van der Waals surface area contributed by atoms with Gasteiger partial charge in [0.2, 0.25) is 0 Å². The van der Waals surface area contributed by atoms with E-state index in [9.17, 15) is 26.3 Å². The highest BCUT2D eigenvalue weighted by molar-refractivity contribution is 4.82. The predicted octanol–water partition coefficient (Wildman–Crippen LogP) is 2.64. The summed E-state index contributed by atoms with van der Waals surface area (Å²) in [7, 11) is 0. The quantitative estimate of drug-likeness (QED) is 0.485. The van der Waals surface area contributed by atoms with E-state index in [0.29, 0.717) is 0 Å². The zero-order valence-electron chi connectivity index (χ0n) is 5.54. The summed E-state index contributed by atoms with van der Waals surface area (Å²) in [5, 5.41) is 0. The minimum atomic E-state index is -4.65. The van der Waals surface area contributed by atoms with Gasteiger partial charge in [-0.15, -0.1) is 0 Å². The Labute approximate surface area is 63.6 Å². The molecule has 0 bridgehead atoms. The van der Waals surface area contributed by atoms with Crippen molar-refractivity contribution in [3.63, 3.8) is 0 Å². The molecule has 0 saturated carbocycles. The molecular weight excluding hydrogens is 190 g/mol. The van der Waals surface area contributed by atoms with Crippen molar-refractivity contribution in [3.05, 3.63) is 12.3 Å². The molecule has 0 spiro atoms. The molecule has 0 heterocycles. The smallest absolute Gasteiger partial charge is 0.422 e. The van der Waals surface area contributed by atoms with E-state index < -0.39 is 25.0 Å². The minimum Gasteiger partial charge on any atom is -0.492 e. The van der Waals surface area contributed by atoms with Crippen LogP contribution in [0.3, 0.4) is 0 Å². The first-order valence-corrected chi connectivity index (χ1v) is 2.63. The van der Waals surface area contributed by atoms with E-state index in [1.165, 1.54) is 0 Å². The number of alkyl halides is 6. The van der Waals surface area contributed by atoms with Crippen LogP contribution in [0.4, 0.5) is 26.3 Å². The minimum absolute atomic E-state index is 0.0342. The van der Waals surface area contributed by atoms with Gasteiger partial charge in [-0.2, -0.15) is 26.3 Å². The van der Waals surface area contributed by atoms with Gasteiger partial charge in [0.25, 0.3) is 0 Å². The Bertz CT molecular complexity index is 154. The third kappa shape index (κ3) is 9.12. The van der Waals surface area contributed by atoms with Gasteiger partial charge in [-0.1, -0.05) is 0 Å². The monoisotopic (exact) mass is 194 g/mol. The summed E-state index contributed by atoms with van der Waals surface area (Å²) in [6.45, 7) is -1.72. The van der Waals surface area contributed by atoms with Gasteiger partial charge in [0.15, 0.2) is 6.61 Å². The van der Waals surface area contributed by atoms with Crippen LogP contribution in [0.25, 0.3) is 0 Å². The van der Waals surface area contributed by atoms with E-state index >= 15 is 0 Å². The molecule has 1 nitrogen and oxygen atoms in total. The van der Waals surface area contributed by atoms with E-state index in [0.717, 1.165) is 0 Å². The maximum atomic E-state index is 11.2. The lowest BCUT2D eigenvalue weighted by atomic mass is 10.6. The second-order valence-electron chi connectivity index (χ2n) is 1.77. The molecule has 0 rings (SSSR count). The second-order valence-corrected chi connectivity index (χ2v) is 1.77. The lowest BCUT2D eigenvalue weighted by Gasteiger charge is -2.04. The molecule has 0 unspecified atom stereocenters. The molecule has 72 valence electrons. The lowest BCUT2D eigenvalue weighted by molar-refractivity contribution is -0.162. The van der Waals surface area contributed by atoms with Gasteiger partial charge in [0.05, 0.1) is 12.3 Å². The summed E-state index contributed by atoms with van der Waals surface area (Å²) in [4.78, 5) is 0. The number of hydrogen-bond donors (Lipinski definition) is 0. The Hall–Kier alpha value is -0.880. The molecule has 0 aliphatic rings. The Balaban J connectivity index is 3.64. The zero-order chi connectivity index (χ0) is 9.83. The van der Waals surface area contributed by atoms with Crippen LogP contribution in [0.2, 0.25) is 0 Å². The number of halogens is 6. The Kier molecular flexibility index (Phi) is 3.41. The number of allylic oxidation sites excluding steroid dienone is 1. The molecule has 0 radical (unpaired) electrons. The molecule has 0 N–H and O–H groups in total. The fraction of sp³-hybridized carbons (Fsp3) is 0.600. The molecule has 0 atom stereocenters. The Morgan fingerprint density at radius 2 is 1.50 bits per heavy atom. The third-order valence-corrected chi connectivity index (χ3v) is 0.600. The summed E-state index contributed by atoms with van der Waals surface area (Å²) in [6.07, 6.45) is -9.71. The highest BCUT2D eigenvalue weighted by Crippen LogP contribution is 2.17. The molecule has 0 aliphatic carbocycles. The summed E-state index contributed by atoms with van der Waals surface area (Å²) in [5.41, 5.74) is 0. The first-order valence-electron chi connectivity index (χ1n) is 2.63. The number of rotatable bonds is 2. The maximum absolute atomic E-state index is 11.2. The SMILES string of the molecule is FC(F)(F)C=COCC(F)(F)F. The molecule has 0 fully saturated rings. The average molecular weight is 194 g/mol. The van der Waals surface area contributed by atoms with E-state index in [1.807, 2.05) is 0 Å². The molecule has 0 saturated heterocycles. The number of ether oxygens (including phenoxy) is 1. The normalized spacial score (nSPS) is 13.8. The maximum Gasteiger partial charge on any atom is 0.422 e. The summed E-state index contributed by atoms with van der Waals surface area (Å²) < 4.78 is 70.9. The molecule has 0 aromatic carbocycles. The second kappa shape index (κ2) is 3.68. The number of hydrogen-bond acceptors (Lipinski definition) is 1. The first kappa shape index (κ1) is 11.1. The van der Waals surface area contributed by atoms with Crippen molar-refractivity contribution in [3.8, 4) is 0 Å². The van der Waals surface area contributed by atoms with Crippen molar-refractivity contribution in [2.45, 2.75) is 12.4 Å². The van der Waals surface area contributed by atoms with Gasteiger partial charge in [-0.25, -0.2) is 0 Å². The molecule has 0 aromatic heterocycles. The highest BCUT2D eigenvalue weighted by atomic mass is 19.4. The Morgan fingerprint density at radius 1 is 1.00 bits per heavy atom. The van der Waals surface area contributed by atoms with Gasteiger partial charge >= 0.3 is 12.4 Å². The standard InChI is InChI=1S/C5H4F6O/c6-4(7,8)1-2-12-3-5(9,10)11/h1-2H,3H2. The van der Waals surface area contributed by atoms with Gasteiger partial charge in [0.1, 0.15) is 0 Å². The first-order chi connectivity index (χ1) is 5.21. The van der Waals surface area contributed by atoms with Gasteiger partial charge < -0.3 is 4.74 Å². The van der Waals surface area contributed by atoms with Crippen LogP contribution < -0.4 is 0 Å². The summed E-state index contributed by atoms with van der Waals surface area (Å²) in [6, 6.07) is 0. The van der Waals surface area contributed by atoms with Crippen molar-refractivity contribution >= 4 is 0 Å². The molecule has 0 aromatic rings. The largest absolute Gasteiger partial charge is 0.492 e. The fourth-order valence-corrected chi connectivity index (χ4v) is 0.268. The van der Waals surface area contributed by atoms with Crippen LogP contribution in [0.1, 0.15) is 0 Å². The summed E-state index contributed by atoms with van der Waals surface area (Å²) >= 11 is 0. The molecule has 0 aliphatic heterocycles. The Morgan fingerprint density at radius 3 is 1.83 bits per heavy atom. The van der Waals surface area contributed by atoms with Crippen LogP contribution in [0.5, 0.6) is 0 Å². The van der Waals surface area contributed by atoms with Crippen LogP contribution >= 0.6 is 0 Å². The fourth-order valence-electron chi connectivity index (χ4n) is 0.268. The third-order valence-electron chi connectivity index (χ3n) is 0.600. The van der Waals surface area contributed by atoms with E-state index in [1.54, 1.807) is 0 Å². The van der Waals surface area contributed by atoms with Crippen molar-refractivity contribution in [2.24, 2.45) is 0 Å². The van der Waals surface area contributed by atoms with Crippen LogP contribution in [-0.4, -0.2) is 19.0 Å². The highest BCUT2D eigenvalue weighted by Gasteiger charge is 2.28. The molecule has 7 heteroatoms. The molecule has 12 heavy (non-hydrogen) atoms. The van der Waals surface area contributed by atoms with Gasteiger partial charge in [-0.3, -0.25) is 0 Å². The van der Waals surface area contributed by atoms with E-state index in [-0.39, 0.29) is 6.26 Å². The topological polar surface area (TPSA) is 9.23 Å². The van der Waals surface area contributed by atoms with Crippen molar-refractivity contribution in [1.29, 1.82) is 0 Å². The van der Waals surface area contributed by atoms with Gasteiger partial charge in [0, 0.05) is 0 Å². The van der Waals surface area contributed by atoms with Crippen LogP contribution in [-0.2, 0) is 4.74 Å². The predicted molar refractivity (Wildman–Crippen MR) is 27.2 cm³/mol. The summed E-state index contributed by atoms with van der Waals surface area (Å²) in [5.74, 6) is 0. The van der Waals surface area contributed by atoms with Gasteiger partial charge in [-0.05, 0) is 0 Å². The van der Waals surface area contributed by atoms with Crippen molar-refractivity contribution in [2.75, 3.05) is 6.61 Å². The van der Waals surface area contributed by atoms with Crippen molar-refractivity contribution < 1.29 is 31.1 Å². The lowest BCUT2D eigenvalue weighted by Crippen LogP contribution is -2.15. The van der Waals surface area contributed by atoms with Crippen LogP contribution in [0.15, 0.2) is 12.3 Å².